The lowest BCUT2D eigenvalue weighted by Gasteiger charge is -2.22. The number of benzene rings is 1. The van der Waals surface area contributed by atoms with E-state index in [4.69, 9.17) is 4.74 Å². The Morgan fingerprint density at radius 1 is 1.39 bits per heavy atom. The van der Waals surface area contributed by atoms with E-state index >= 15 is 0 Å². The van der Waals surface area contributed by atoms with Gasteiger partial charge in [-0.3, -0.25) is 10.1 Å². The largest absolute Gasteiger partial charge is 0.502 e. The summed E-state index contributed by atoms with van der Waals surface area (Å²) < 4.78 is 4.97. The first kappa shape index (κ1) is 18.7. The molecule has 9 nitrogen and oxygen atoms in total. The molecule has 2 unspecified atom stereocenters. The third kappa shape index (κ3) is 5.72. The SMILES string of the molecule is CC(C)(C)OC(=O)NCC(O)C(O)c1ccc(O)c([N+](=O)[O-])c1. The predicted octanol–water partition coefficient (Wildman–Crippen LogP) is 1.22. The van der Waals surface area contributed by atoms with Gasteiger partial charge in [0, 0.05) is 12.6 Å². The second-order valence-electron chi connectivity index (χ2n) is 5.90. The van der Waals surface area contributed by atoms with Crippen LogP contribution in [0, 0.1) is 10.1 Å². The molecular formula is C14H20N2O7. The zero-order chi connectivity index (χ0) is 17.8. The molecule has 128 valence electrons. The van der Waals surface area contributed by atoms with Crippen molar-refractivity contribution in [1.29, 1.82) is 0 Å². The number of ether oxygens (including phenoxy) is 1. The van der Waals surface area contributed by atoms with Crippen molar-refractivity contribution < 1.29 is 29.8 Å². The molecule has 1 aromatic carbocycles. The first-order valence-electron chi connectivity index (χ1n) is 6.81. The molecule has 0 aliphatic rings. The van der Waals surface area contributed by atoms with E-state index in [1.54, 1.807) is 20.8 Å². The van der Waals surface area contributed by atoms with Gasteiger partial charge in [0.2, 0.25) is 0 Å². The highest BCUT2D eigenvalue weighted by atomic mass is 16.6. The van der Waals surface area contributed by atoms with Crippen LogP contribution in [0.1, 0.15) is 32.4 Å². The molecule has 23 heavy (non-hydrogen) atoms. The van der Waals surface area contributed by atoms with Crippen molar-refractivity contribution in [2.24, 2.45) is 0 Å². The Hall–Kier alpha value is -2.39. The van der Waals surface area contributed by atoms with Crippen LogP contribution >= 0.6 is 0 Å². The van der Waals surface area contributed by atoms with E-state index in [0.717, 1.165) is 12.1 Å². The van der Waals surface area contributed by atoms with E-state index in [1.165, 1.54) is 6.07 Å². The van der Waals surface area contributed by atoms with Gasteiger partial charge in [-0.1, -0.05) is 6.07 Å². The number of hydrogen-bond donors (Lipinski definition) is 4. The lowest BCUT2D eigenvalue weighted by atomic mass is 10.0. The van der Waals surface area contributed by atoms with Crippen LogP contribution in [-0.4, -0.2) is 44.6 Å². The maximum atomic E-state index is 11.5. The summed E-state index contributed by atoms with van der Waals surface area (Å²) in [6, 6.07) is 3.24. The monoisotopic (exact) mass is 328 g/mol. The number of carbonyl (C=O) groups is 1. The highest BCUT2D eigenvalue weighted by molar-refractivity contribution is 5.67. The van der Waals surface area contributed by atoms with Gasteiger partial charge < -0.3 is 25.4 Å². The fourth-order valence-electron chi connectivity index (χ4n) is 1.71. The number of nitro groups is 1. The number of phenolic OH excluding ortho intramolecular Hbond substituents is 1. The smallest absolute Gasteiger partial charge is 0.407 e. The van der Waals surface area contributed by atoms with Gasteiger partial charge in [0.05, 0.1) is 4.92 Å². The number of nitro benzene ring substituents is 1. The molecule has 0 aliphatic heterocycles. The molecule has 0 fully saturated rings. The number of nitrogens with zero attached hydrogens (tertiary/aromatic N) is 1. The number of hydrogen-bond acceptors (Lipinski definition) is 7. The summed E-state index contributed by atoms with van der Waals surface area (Å²) in [5.74, 6) is -0.549. The number of amides is 1. The first-order chi connectivity index (χ1) is 10.5. The second kappa shape index (κ2) is 7.25. The minimum absolute atomic E-state index is 0.0352. The molecule has 0 radical (unpaired) electrons. The summed E-state index contributed by atoms with van der Waals surface area (Å²) in [6.07, 6.45) is -3.66. The van der Waals surface area contributed by atoms with E-state index in [9.17, 15) is 30.2 Å². The number of alkyl carbamates (subject to hydrolysis) is 1. The molecule has 0 spiro atoms. The maximum absolute atomic E-state index is 11.5. The quantitative estimate of drug-likeness (QED) is 0.470. The normalized spacial score (nSPS) is 14.0. The van der Waals surface area contributed by atoms with Gasteiger partial charge >= 0.3 is 11.8 Å². The Balaban J connectivity index is 2.70. The van der Waals surface area contributed by atoms with Crippen LogP contribution in [0.25, 0.3) is 0 Å². The minimum Gasteiger partial charge on any atom is -0.502 e. The predicted molar refractivity (Wildman–Crippen MR) is 80.0 cm³/mol. The summed E-state index contributed by atoms with van der Waals surface area (Å²) in [4.78, 5) is 21.4. The summed E-state index contributed by atoms with van der Waals surface area (Å²) in [7, 11) is 0. The van der Waals surface area contributed by atoms with Crippen LogP contribution in [0.2, 0.25) is 0 Å². The number of phenols is 1. The Labute approximate surface area is 132 Å². The van der Waals surface area contributed by atoms with E-state index in [1.807, 2.05) is 0 Å². The molecule has 0 heterocycles. The molecule has 1 rings (SSSR count). The molecule has 0 aliphatic carbocycles. The molecular weight excluding hydrogens is 308 g/mol. The third-order valence-electron chi connectivity index (χ3n) is 2.76. The Morgan fingerprint density at radius 3 is 2.52 bits per heavy atom. The van der Waals surface area contributed by atoms with Crippen LogP contribution in [0.5, 0.6) is 5.75 Å². The highest BCUT2D eigenvalue weighted by Gasteiger charge is 2.24. The summed E-state index contributed by atoms with van der Waals surface area (Å²) in [5, 5.41) is 42.2. The average Bonchev–Trinajstić information content (AvgIpc) is 2.42. The number of carbonyl (C=O) groups excluding carboxylic acids is 1. The molecule has 0 saturated carbocycles. The molecule has 2 atom stereocenters. The fourth-order valence-corrected chi connectivity index (χ4v) is 1.71. The Morgan fingerprint density at radius 2 is 2.00 bits per heavy atom. The summed E-state index contributed by atoms with van der Waals surface area (Å²) in [5.41, 5.74) is -1.26. The number of aliphatic hydroxyl groups is 2. The molecule has 9 heteroatoms. The van der Waals surface area contributed by atoms with E-state index in [-0.39, 0.29) is 12.1 Å². The number of aliphatic hydroxyl groups excluding tert-OH is 2. The van der Waals surface area contributed by atoms with Crippen LogP contribution in [-0.2, 0) is 4.74 Å². The van der Waals surface area contributed by atoms with Crippen LogP contribution in [0.15, 0.2) is 18.2 Å². The molecule has 4 N–H and O–H groups in total. The molecule has 0 saturated heterocycles. The van der Waals surface area contributed by atoms with Gasteiger partial charge in [0.25, 0.3) is 0 Å². The lowest BCUT2D eigenvalue weighted by molar-refractivity contribution is -0.386. The second-order valence-corrected chi connectivity index (χ2v) is 5.90. The van der Waals surface area contributed by atoms with Gasteiger partial charge in [-0.05, 0) is 32.4 Å². The van der Waals surface area contributed by atoms with Gasteiger partial charge in [-0.15, -0.1) is 0 Å². The topological polar surface area (TPSA) is 142 Å². The molecule has 1 amide bonds. The van der Waals surface area contributed by atoms with Crippen LogP contribution in [0.4, 0.5) is 10.5 Å². The molecule has 0 aromatic heterocycles. The highest BCUT2D eigenvalue weighted by Crippen LogP contribution is 2.29. The van der Waals surface area contributed by atoms with Gasteiger partial charge in [0.1, 0.15) is 17.8 Å². The standard InChI is InChI=1S/C14H20N2O7/c1-14(2,3)23-13(20)15-7-11(18)12(19)8-4-5-10(17)9(6-8)16(21)22/h4-6,11-12,17-19H,7H2,1-3H3,(H,15,20). The Bertz CT molecular complexity index is 583. The minimum atomic E-state index is -1.48. The summed E-state index contributed by atoms with van der Waals surface area (Å²) in [6.45, 7) is 4.71. The van der Waals surface area contributed by atoms with Crippen molar-refractivity contribution in [3.63, 3.8) is 0 Å². The van der Waals surface area contributed by atoms with Crippen molar-refractivity contribution >= 4 is 11.8 Å². The maximum Gasteiger partial charge on any atom is 0.407 e. The van der Waals surface area contributed by atoms with Crippen molar-refractivity contribution in [3.8, 4) is 5.75 Å². The zero-order valence-electron chi connectivity index (χ0n) is 13.0. The number of rotatable bonds is 5. The lowest BCUT2D eigenvalue weighted by Crippen LogP contribution is -2.38. The fraction of sp³-hybridized carbons (Fsp3) is 0.500. The Kier molecular flexibility index (Phi) is 5.88. The third-order valence-corrected chi connectivity index (χ3v) is 2.76. The molecule has 0 bridgehead atoms. The molecule has 1 aromatic rings. The number of aromatic hydroxyl groups is 1. The van der Waals surface area contributed by atoms with Crippen molar-refractivity contribution in [3.05, 3.63) is 33.9 Å². The number of nitrogens with one attached hydrogen (secondary N) is 1. The van der Waals surface area contributed by atoms with Gasteiger partial charge in [-0.25, -0.2) is 4.79 Å². The van der Waals surface area contributed by atoms with Crippen molar-refractivity contribution in [2.45, 2.75) is 38.6 Å². The first-order valence-corrected chi connectivity index (χ1v) is 6.81. The van der Waals surface area contributed by atoms with Crippen LogP contribution < -0.4 is 5.32 Å². The van der Waals surface area contributed by atoms with Crippen molar-refractivity contribution in [1.82, 2.24) is 5.32 Å². The van der Waals surface area contributed by atoms with Crippen LogP contribution in [0.3, 0.4) is 0 Å². The van der Waals surface area contributed by atoms with E-state index in [0.29, 0.717) is 0 Å². The van der Waals surface area contributed by atoms with Gasteiger partial charge in [0.15, 0.2) is 5.75 Å². The van der Waals surface area contributed by atoms with Crippen molar-refractivity contribution in [2.75, 3.05) is 6.54 Å². The van der Waals surface area contributed by atoms with Gasteiger partial charge in [-0.2, -0.15) is 0 Å². The summed E-state index contributed by atoms with van der Waals surface area (Å²) >= 11 is 0. The zero-order valence-corrected chi connectivity index (χ0v) is 13.0. The van der Waals surface area contributed by atoms with E-state index < -0.39 is 40.3 Å². The average molecular weight is 328 g/mol. The van der Waals surface area contributed by atoms with E-state index in [2.05, 4.69) is 5.32 Å².